The van der Waals surface area contributed by atoms with Gasteiger partial charge in [0.25, 0.3) is 0 Å². The lowest BCUT2D eigenvalue weighted by molar-refractivity contribution is 1.08. The van der Waals surface area contributed by atoms with Crippen LogP contribution in [0.3, 0.4) is 0 Å². The summed E-state index contributed by atoms with van der Waals surface area (Å²) in [5, 5.41) is 9.83. The first-order valence-corrected chi connectivity index (χ1v) is 5.60. The van der Waals surface area contributed by atoms with Crippen molar-refractivity contribution in [2.24, 2.45) is 0 Å². The van der Waals surface area contributed by atoms with E-state index in [1.807, 2.05) is 13.1 Å². The van der Waals surface area contributed by atoms with Crippen molar-refractivity contribution in [1.82, 2.24) is 15.2 Å². The van der Waals surface area contributed by atoms with Crippen molar-refractivity contribution in [1.29, 1.82) is 0 Å². The van der Waals surface area contributed by atoms with Crippen molar-refractivity contribution in [2.45, 2.75) is 6.92 Å². The standard InChI is InChI=1S/C6H4BrN3S2/c1-3-8-2-4(11-3)5-9-10-6(7)12-5/h2H,1H3. The second-order valence-electron chi connectivity index (χ2n) is 2.10. The zero-order valence-electron chi connectivity index (χ0n) is 6.11. The van der Waals surface area contributed by atoms with Crippen LogP contribution in [0.5, 0.6) is 0 Å². The molecule has 0 aromatic carbocycles. The number of aryl methyl sites for hydroxylation is 1. The van der Waals surface area contributed by atoms with Gasteiger partial charge in [0.2, 0.25) is 0 Å². The Morgan fingerprint density at radius 1 is 1.33 bits per heavy atom. The first kappa shape index (κ1) is 8.28. The maximum Gasteiger partial charge on any atom is 0.183 e. The fourth-order valence-corrected chi connectivity index (χ4v) is 2.69. The van der Waals surface area contributed by atoms with E-state index < -0.39 is 0 Å². The third kappa shape index (κ3) is 1.55. The van der Waals surface area contributed by atoms with Gasteiger partial charge in [0, 0.05) is 6.20 Å². The van der Waals surface area contributed by atoms with E-state index >= 15 is 0 Å². The Morgan fingerprint density at radius 3 is 2.67 bits per heavy atom. The third-order valence-electron chi connectivity index (χ3n) is 1.23. The Labute approximate surface area is 85.6 Å². The van der Waals surface area contributed by atoms with Crippen LogP contribution in [0.2, 0.25) is 0 Å². The molecule has 0 fully saturated rings. The average Bonchev–Trinajstić information content (AvgIpc) is 2.58. The zero-order valence-corrected chi connectivity index (χ0v) is 9.33. The highest BCUT2D eigenvalue weighted by Crippen LogP contribution is 2.30. The summed E-state index contributed by atoms with van der Waals surface area (Å²) in [6, 6.07) is 0. The summed E-state index contributed by atoms with van der Waals surface area (Å²) in [4.78, 5) is 5.22. The molecule has 2 heterocycles. The Balaban J connectivity index is 2.43. The molecular formula is C6H4BrN3S2. The van der Waals surface area contributed by atoms with Crippen LogP contribution in [0.4, 0.5) is 0 Å². The highest BCUT2D eigenvalue weighted by molar-refractivity contribution is 9.11. The average molecular weight is 262 g/mol. The summed E-state index contributed by atoms with van der Waals surface area (Å²) in [5.74, 6) is 0. The fourth-order valence-electron chi connectivity index (χ4n) is 0.765. The van der Waals surface area contributed by atoms with Gasteiger partial charge in [0.05, 0.1) is 9.88 Å². The monoisotopic (exact) mass is 261 g/mol. The maximum absolute atomic E-state index is 4.14. The first-order valence-electron chi connectivity index (χ1n) is 3.17. The summed E-state index contributed by atoms with van der Waals surface area (Å²) in [7, 11) is 0. The van der Waals surface area contributed by atoms with E-state index in [4.69, 9.17) is 0 Å². The molecule has 0 saturated carbocycles. The molecule has 0 aliphatic heterocycles. The van der Waals surface area contributed by atoms with E-state index in [-0.39, 0.29) is 0 Å². The number of rotatable bonds is 1. The Morgan fingerprint density at radius 2 is 2.17 bits per heavy atom. The summed E-state index contributed by atoms with van der Waals surface area (Å²) >= 11 is 6.41. The number of hydrogen-bond acceptors (Lipinski definition) is 5. The van der Waals surface area contributed by atoms with Crippen LogP contribution < -0.4 is 0 Å². The molecule has 3 nitrogen and oxygen atoms in total. The van der Waals surface area contributed by atoms with E-state index in [1.165, 1.54) is 11.3 Å². The molecule has 0 radical (unpaired) electrons. The van der Waals surface area contributed by atoms with Crippen molar-refractivity contribution in [3.63, 3.8) is 0 Å². The number of thiazole rings is 1. The van der Waals surface area contributed by atoms with Gasteiger partial charge in [-0.15, -0.1) is 21.5 Å². The lowest BCUT2D eigenvalue weighted by Gasteiger charge is -1.81. The zero-order chi connectivity index (χ0) is 8.55. The van der Waals surface area contributed by atoms with E-state index in [2.05, 4.69) is 31.1 Å². The molecule has 0 N–H and O–H groups in total. The van der Waals surface area contributed by atoms with Gasteiger partial charge in [-0.3, -0.25) is 0 Å². The van der Waals surface area contributed by atoms with Crippen LogP contribution in [0, 0.1) is 6.92 Å². The summed E-state index contributed by atoms with van der Waals surface area (Å²) < 4.78 is 0.809. The summed E-state index contributed by atoms with van der Waals surface area (Å²) in [6.45, 7) is 1.98. The minimum Gasteiger partial charge on any atom is -0.249 e. The smallest absolute Gasteiger partial charge is 0.183 e. The minimum atomic E-state index is 0.809. The van der Waals surface area contributed by atoms with Gasteiger partial charge in [-0.2, -0.15) is 0 Å². The van der Waals surface area contributed by atoms with Gasteiger partial charge in [-0.1, -0.05) is 11.3 Å². The van der Waals surface area contributed by atoms with Crippen molar-refractivity contribution in [2.75, 3.05) is 0 Å². The highest BCUT2D eigenvalue weighted by atomic mass is 79.9. The molecule has 2 aromatic rings. The van der Waals surface area contributed by atoms with Crippen molar-refractivity contribution in [3.05, 3.63) is 15.1 Å². The molecule has 0 atom stereocenters. The van der Waals surface area contributed by atoms with E-state index in [9.17, 15) is 0 Å². The highest BCUT2D eigenvalue weighted by Gasteiger charge is 2.06. The molecule has 6 heteroatoms. The van der Waals surface area contributed by atoms with Gasteiger partial charge in [0.1, 0.15) is 0 Å². The summed E-state index contributed by atoms with van der Waals surface area (Å²) in [5.41, 5.74) is 0. The molecule has 12 heavy (non-hydrogen) atoms. The molecule has 0 aliphatic carbocycles. The van der Waals surface area contributed by atoms with Crippen LogP contribution in [-0.4, -0.2) is 15.2 Å². The van der Waals surface area contributed by atoms with Crippen LogP contribution in [-0.2, 0) is 0 Å². The van der Waals surface area contributed by atoms with Crippen LogP contribution >= 0.6 is 38.6 Å². The molecule has 2 rings (SSSR count). The molecule has 0 bridgehead atoms. The molecular weight excluding hydrogens is 258 g/mol. The lowest BCUT2D eigenvalue weighted by atomic mass is 10.6. The normalized spacial score (nSPS) is 10.5. The predicted molar refractivity (Wildman–Crippen MR) is 53.5 cm³/mol. The van der Waals surface area contributed by atoms with Crippen molar-refractivity contribution in [3.8, 4) is 9.88 Å². The van der Waals surface area contributed by atoms with Gasteiger partial charge < -0.3 is 0 Å². The number of aromatic nitrogens is 3. The second kappa shape index (κ2) is 3.20. The van der Waals surface area contributed by atoms with Crippen LogP contribution in [0.1, 0.15) is 5.01 Å². The van der Waals surface area contributed by atoms with Crippen LogP contribution in [0.25, 0.3) is 9.88 Å². The molecule has 0 spiro atoms. The largest absolute Gasteiger partial charge is 0.249 e. The fraction of sp³-hybridized carbons (Fsp3) is 0.167. The van der Waals surface area contributed by atoms with E-state index in [0.717, 1.165) is 18.8 Å². The number of hydrogen-bond donors (Lipinski definition) is 0. The van der Waals surface area contributed by atoms with Gasteiger partial charge in [-0.05, 0) is 22.9 Å². The molecule has 0 amide bonds. The van der Waals surface area contributed by atoms with Crippen LogP contribution in [0.15, 0.2) is 10.1 Å². The Bertz CT molecular complexity index is 357. The number of halogens is 1. The first-order chi connectivity index (χ1) is 5.75. The van der Waals surface area contributed by atoms with Crippen molar-refractivity contribution >= 4 is 38.6 Å². The lowest BCUT2D eigenvalue weighted by Crippen LogP contribution is -1.69. The molecule has 0 aliphatic rings. The predicted octanol–water partition coefficient (Wildman–Crippen LogP) is 2.73. The van der Waals surface area contributed by atoms with Gasteiger partial charge in [-0.25, -0.2) is 4.98 Å². The minimum absolute atomic E-state index is 0.809. The van der Waals surface area contributed by atoms with E-state index in [1.54, 1.807) is 11.3 Å². The molecule has 62 valence electrons. The SMILES string of the molecule is Cc1ncc(-c2nnc(Br)s2)s1. The second-order valence-corrected chi connectivity index (χ2v) is 5.59. The topological polar surface area (TPSA) is 38.7 Å². The Kier molecular flexibility index (Phi) is 2.20. The molecule has 0 unspecified atom stereocenters. The van der Waals surface area contributed by atoms with E-state index in [0.29, 0.717) is 0 Å². The maximum atomic E-state index is 4.14. The quantitative estimate of drug-likeness (QED) is 0.793. The molecule has 2 aromatic heterocycles. The number of nitrogens with zero attached hydrogens (tertiary/aromatic N) is 3. The Hall–Kier alpha value is -0.330. The molecule has 0 saturated heterocycles. The van der Waals surface area contributed by atoms with Crippen molar-refractivity contribution < 1.29 is 0 Å². The third-order valence-corrected chi connectivity index (χ3v) is 3.67. The van der Waals surface area contributed by atoms with Gasteiger partial charge in [0.15, 0.2) is 8.92 Å². The summed E-state index contributed by atoms with van der Waals surface area (Å²) in [6.07, 6.45) is 1.83. The van der Waals surface area contributed by atoms with Gasteiger partial charge >= 0.3 is 0 Å².